The zero-order chi connectivity index (χ0) is 85.6. The van der Waals surface area contributed by atoms with Gasteiger partial charge in [0.15, 0.2) is 0 Å². The van der Waals surface area contributed by atoms with E-state index in [1.54, 1.807) is 32.1 Å². The normalized spacial score (nSPS) is 35.2. The van der Waals surface area contributed by atoms with Crippen LogP contribution in [0.15, 0.2) is 0 Å². The van der Waals surface area contributed by atoms with E-state index in [-0.39, 0.29) is 0 Å². The van der Waals surface area contributed by atoms with Crippen LogP contribution in [0.2, 0.25) is 0 Å². The maximum atomic E-state index is 2.50. The standard InChI is InChI=1S/2C17H32.C16H30.C15H28.2C14H26.C12H22.C11H20/c1-13(2)17(14(3)4)11-15-7-5-8-16(12-17)10-6-9-15;1-13(2)17(14(3)4)12-15-8-5-6-10-16(17)11-7-9-15;1-12(2)16(13(3)4)11-14-7-5-6-8-15(16)10-9-14;1-11(2)15(12(3)4)13-7-5-6-8-14(15)10-9-13;1-10(2)14(11(3)4)12-6-5-7-13(14)9-8-12;1-10(2)14(11(3)4)12-7-5-6-8-13(14)9-12;1-8(2)12(9(3)4)7-10-5-11(12)6-10;1-7(2)11(8(3)4)9-5-10(11)6-9/h2*13-16H,5-12H2,1-4H3;12-15H,5-11H2,1-4H3;11-14H,5-10H2,1-4H3;2*10-13H,5-9H2,1-4H3;8-11H,5-7H2,1-4H3;7-10H,5-6H2,1-4H3. The van der Waals surface area contributed by atoms with Crippen LogP contribution in [-0.2, 0) is 0 Å². The van der Waals surface area contributed by atoms with Gasteiger partial charge in [-0.15, -0.1) is 0 Å². The van der Waals surface area contributed by atoms with E-state index < -0.39 is 0 Å². The van der Waals surface area contributed by atoms with Crippen LogP contribution in [-0.4, -0.2) is 0 Å². The van der Waals surface area contributed by atoms with Crippen molar-refractivity contribution in [1.82, 2.24) is 0 Å². The monoisotopic (exact) mass is 1610 g/mol. The Bertz CT molecular complexity index is 2610. The van der Waals surface area contributed by atoms with Crippen LogP contribution >= 0.6 is 0 Å². The molecule has 0 heteroatoms. The summed E-state index contributed by atoms with van der Waals surface area (Å²) in [5.74, 6) is 31.2. The summed E-state index contributed by atoms with van der Waals surface area (Å²) in [6, 6.07) is 0. The molecule has 0 radical (unpaired) electrons. The van der Waals surface area contributed by atoms with Crippen molar-refractivity contribution in [3.63, 3.8) is 0 Å². The molecule has 10 unspecified atom stereocenters. The summed E-state index contributed by atoms with van der Waals surface area (Å²) >= 11 is 0. The predicted octanol–water partition coefficient (Wildman–Crippen LogP) is 37.5. The molecule has 21 fully saturated rings. The molecule has 0 N–H and O–H groups in total. The second-order valence-corrected chi connectivity index (χ2v) is 51.8. The molecule has 0 amide bonds. The molecule has 21 aliphatic carbocycles. The van der Waals surface area contributed by atoms with E-state index in [2.05, 4.69) is 222 Å². The fourth-order valence-corrected chi connectivity index (χ4v) is 38.8. The summed E-state index contributed by atoms with van der Waals surface area (Å²) in [5, 5.41) is 0. The third-order valence-electron chi connectivity index (χ3n) is 43.8. The highest BCUT2D eigenvalue weighted by atomic mass is 14.7. The van der Waals surface area contributed by atoms with Crippen molar-refractivity contribution in [2.75, 3.05) is 0 Å². The first kappa shape index (κ1) is 99.8. The quantitative estimate of drug-likeness (QED) is 0.144. The van der Waals surface area contributed by atoms with Gasteiger partial charge in [-0.1, -0.05) is 350 Å². The minimum absolute atomic E-state index is 0.649. The van der Waals surface area contributed by atoms with Crippen molar-refractivity contribution in [2.24, 2.45) is 233 Å². The highest BCUT2D eigenvalue weighted by Crippen LogP contribution is 2.74. The van der Waals surface area contributed by atoms with Crippen molar-refractivity contribution in [1.29, 1.82) is 0 Å². The van der Waals surface area contributed by atoms with Crippen molar-refractivity contribution >= 4 is 0 Å². The predicted molar refractivity (Wildman–Crippen MR) is 516 cm³/mol. The molecule has 21 rings (SSSR count). The molecule has 0 spiro atoms. The van der Waals surface area contributed by atoms with E-state index in [1.807, 2.05) is 0 Å². The van der Waals surface area contributed by atoms with Crippen LogP contribution in [0.25, 0.3) is 0 Å². The first-order valence-electron chi connectivity index (χ1n) is 54.6. The van der Waals surface area contributed by atoms with Crippen molar-refractivity contribution < 1.29 is 0 Å². The number of hydrogen-bond acceptors (Lipinski definition) is 0. The minimum Gasteiger partial charge on any atom is -0.0622 e. The van der Waals surface area contributed by atoms with Gasteiger partial charge in [0.05, 0.1) is 0 Å². The fraction of sp³-hybridized carbons (Fsp3) is 1.00. The second kappa shape index (κ2) is 42.3. The molecule has 0 nitrogen and oxygen atoms in total. The third-order valence-corrected chi connectivity index (χ3v) is 43.8. The van der Waals surface area contributed by atoms with E-state index >= 15 is 0 Å². The number of rotatable bonds is 16. The van der Waals surface area contributed by atoms with Gasteiger partial charge in [0.1, 0.15) is 0 Å². The first-order chi connectivity index (χ1) is 54.6. The van der Waals surface area contributed by atoms with Gasteiger partial charge in [0.2, 0.25) is 0 Å². The Balaban J connectivity index is 0.000000152. The molecule has 0 aromatic heterocycles. The van der Waals surface area contributed by atoms with Crippen LogP contribution in [0.1, 0.15) is 504 Å². The SMILES string of the molecule is CC(C)C1(C(C)C)C2CC1C2.CC(C)C1(C(C)C)C2CCCC1CC2.CC(C)C1(C(C)C)C2CCCCC1C2.CC(C)C1(C(C)C)C2CCCCC1CC2.CC(C)C1(C(C)C)CC2CC1C2.CC(C)C1(C(C)C)CC2CCCC(CCC2)C1.CC(C)C1(C(C)C)CC2CCCCC1CC2.CC(C)C1(C(C)C)CC2CCCCC1CCC2. The van der Waals surface area contributed by atoms with Crippen LogP contribution in [0.3, 0.4) is 0 Å². The van der Waals surface area contributed by atoms with Gasteiger partial charge in [0, 0.05) is 0 Å². The number of fused-ring (bicyclic) bond motifs is 22. The van der Waals surface area contributed by atoms with Crippen LogP contribution in [0, 0.1) is 233 Å². The van der Waals surface area contributed by atoms with E-state index in [4.69, 9.17) is 0 Å². The van der Waals surface area contributed by atoms with E-state index in [0.29, 0.717) is 27.1 Å². The summed E-state index contributed by atoms with van der Waals surface area (Å²) < 4.78 is 0. The lowest BCUT2D eigenvalue weighted by Gasteiger charge is -2.72. The largest absolute Gasteiger partial charge is 0.0622 e. The second-order valence-electron chi connectivity index (χ2n) is 51.8. The summed E-state index contributed by atoms with van der Waals surface area (Å²) in [7, 11) is 0. The van der Waals surface area contributed by atoms with Gasteiger partial charge in [0.25, 0.3) is 0 Å². The molecule has 0 aromatic rings. The Hall–Kier alpha value is 0. The molecule has 0 heterocycles. The Morgan fingerprint density at radius 3 is 0.603 bits per heavy atom. The summed E-state index contributed by atoms with van der Waals surface area (Å²) in [5.41, 5.74) is 5.59. The summed E-state index contributed by atoms with van der Waals surface area (Å²) in [4.78, 5) is 0. The first-order valence-corrected chi connectivity index (χ1v) is 54.6. The van der Waals surface area contributed by atoms with Crippen molar-refractivity contribution in [2.45, 2.75) is 504 Å². The molecule has 0 aromatic carbocycles. The Kier molecular flexibility index (Phi) is 36.4. The van der Waals surface area contributed by atoms with Gasteiger partial charge < -0.3 is 0 Å². The maximum absolute atomic E-state index is 2.50. The van der Waals surface area contributed by atoms with E-state index in [9.17, 15) is 0 Å². The van der Waals surface area contributed by atoms with Gasteiger partial charge in [-0.3, -0.25) is 0 Å². The van der Waals surface area contributed by atoms with E-state index in [1.165, 1.54) is 250 Å². The summed E-state index contributed by atoms with van der Waals surface area (Å²) in [6.45, 7) is 78.9. The Labute approximate surface area is 732 Å². The van der Waals surface area contributed by atoms with Gasteiger partial charge in [-0.05, 0) is 387 Å². The van der Waals surface area contributed by atoms with Crippen LogP contribution in [0.4, 0.5) is 0 Å². The van der Waals surface area contributed by atoms with Crippen molar-refractivity contribution in [3.8, 4) is 0 Å². The molecule has 10 atom stereocenters. The van der Waals surface area contributed by atoms with Crippen LogP contribution in [0.5, 0.6) is 0 Å². The minimum atomic E-state index is 0.649. The van der Waals surface area contributed by atoms with Gasteiger partial charge >= 0.3 is 0 Å². The average Bonchev–Trinajstić information content (AvgIpc) is 1.10. The molecular weight excluding hydrogens is 1390 g/mol. The molecule has 21 saturated carbocycles. The smallest absolute Gasteiger partial charge is 0.0194 e. The van der Waals surface area contributed by atoms with Gasteiger partial charge in [-0.2, -0.15) is 0 Å². The van der Waals surface area contributed by atoms with Gasteiger partial charge in [-0.25, -0.2) is 0 Å². The van der Waals surface area contributed by atoms with Crippen LogP contribution < -0.4 is 0 Å². The molecule has 16 bridgehead atoms. The molecule has 21 aliphatic rings. The third kappa shape index (κ3) is 19.4. The zero-order valence-corrected chi connectivity index (χ0v) is 85.6. The van der Waals surface area contributed by atoms with Crippen molar-refractivity contribution in [3.05, 3.63) is 0 Å². The molecule has 680 valence electrons. The Morgan fingerprint density at radius 2 is 0.336 bits per heavy atom. The lowest BCUT2D eigenvalue weighted by Crippen LogP contribution is -2.66. The highest BCUT2D eigenvalue weighted by Gasteiger charge is 2.67. The molecule has 0 aliphatic heterocycles. The molecule has 0 saturated heterocycles. The van der Waals surface area contributed by atoms with E-state index in [0.717, 1.165) is 206 Å². The lowest BCUT2D eigenvalue weighted by atomic mass is 9.32. The molecular formula is C116H216. The topological polar surface area (TPSA) is 0 Å². The maximum Gasteiger partial charge on any atom is -0.0194 e. The Morgan fingerprint density at radius 1 is 0.138 bits per heavy atom. The average molecular weight is 1610 g/mol. The lowest BCUT2D eigenvalue weighted by molar-refractivity contribution is -0.239. The fourth-order valence-electron chi connectivity index (χ4n) is 38.8. The number of hydrogen-bond donors (Lipinski definition) is 0. The molecule has 116 heavy (non-hydrogen) atoms. The zero-order valence-electron chi connectivity index (χ0n) is 85.6. The summed E-state index contributed by atoms with van der Waals surface area (Å²) in [6.07, 6.45) is 67.0. The highest BCUT2D eigenvalue weighted by molar-refractivity contribution is 5.16.